The quantitative estimate of drug-likeness (QED) is 0.575. The van der Waals surface area contributed by atoms with Gasteiger partial charge in [0, 0.05) is 0 Å². The van der Waals surface area contributed by atoms with Gasteiger partial charge < -0.3 is 0 Å². The van der Waals surface area contributed by atoms with Crippen molar-refractivity contribution in [3.8, 4) is 0 Å². The van der Waals surface area contributed by atoms with Crippen molar-refractivity contribution >= 4 is 0 Å². The van der Waals surface area contributed by atoms with Crippen molar-refractivity contribution in [2.75, 3.05) is 0 Å². The fourth-order valence-corrected chi connectivity index (χ4v) is 2.86. The van der Waals surface area contributed by atoms with Gasteiger partial charge in [-0.25, -0.2) is 0 Å². The Bertz CT molecular complexity index is 292. The van der Waals surface area contributed by atoms with Gasteiger partial charge in [-0.15, -0.1) is 0 Å². The number of rotatable bonds is 1. The molecule has 2 aliphatic rings. The first-order chi connectivity index (χ1) is 7.57. The molecule has 16 heavy (non-hydrogen) atoms. The van der Waals surface area contributed by atoms with E-state index in [1.165, 1.54) is 37.7 Å². The zero-order chi connectivity index (χ0) is 11.6. The number of hydrogen-bond acceptors (Lipinski definition) is 0. The van der Waals surface area contributed by atoms with E-state index in [9.17, 15) is 0 Å². The first kappa shape index (κ1) is 12.0. The molecule has 0 heteroatoms. The fraction of sp³-hybridized carbons (Fsp3) is 0.688. The van der Waals surface area contributed by atoms with Gasteiger partial charge in [0.1, 0.15) is 0 Å². The van der Waals surface area contributed by atoms with E-state index in [0.717, 1.165) is 12.3 Å². The molecule has 0 N–H and O–H groups in total. The molecule has 0 aliphatic heterocycles. The molecule has 0 spiro atoms. The first-order valence-electron chi connectivity index (χ1n) is 6.83. The molecule has 2 aliphatic carbocycles. The van der Waals surface area contributed by atoms with Crippen LogP contribution >= 0.6 is 0 Å². The van der Waals surface area contributed by atoms with Gasteiger partial charge in [0.2, 0.25) is 0 Å². The molecule has 0 aromatic heterocycles. The Balaban J connectivity index is 2.10. The topological polar surface area (TPSA) is 0 Å². The highest BCUT2D eigenvalue weighted by Crippen LogP contribution is 2.37. The standard InChI is InChI=1S/C16H25/c1-16(2,3)15-11-7-10-14(12-15)13-8-5-4-6-9-13/h10-13H,4-9H2,1-3H3. The van der Waals surface area contributed by atoms with Crippen LogP contribution in [0.15, 0.2) is 23.3 Å². The van der Waals surface area contributed by atoms with E-state index in [1.54, 1.807) is 5.57 Å². The molecule has 0 saturated heterocycles. The third kappa shape index (κ3) is 2.78. The summed E-state index contributed by atoms with van der Waals surface area (Å²) in [5, 5.41) is 0. The van der Waals surface area contributed by atoms with E-state index in [4.69, 9.17) is 0 Å². The van der Waals surface area contributed by atoms with Crippen LogP contribution in [0, 0.1) is 17.8 Å². The number of allylic oxidation sites excluding steroid dienone is 4. The van der Waals surface area contributed by atoms with E-state index in [0.29, 0.717) is 5.41 Å². The summed E-state index contributed by atoms with van der Waals surface area (Å²) >= 11 is 0. The van der Waals surface area contributed by atoms with Crippen LogP contribution in [0.2, 0.25) is 0 Å². The zero-order valence-electron chi connectivity index (χ0n) is 11.1. The van der Waals surface area contributed by atoms with Gasteiger partial charge in [0.05, 0.1) is 0 Å². The maximum atomic E-state index is 2.47. The van der Waals surface area contributed by atoms with Crippen molar-refractivity contribution < 1.29 is 0 Å². The molecule has 0 nitrogen and oxygen atoms in total. The second-order valence-corrected chi connectivity index (χ2v) is 6.33. The van der Waals surface area contributed by atoms with Gasteiger partial charge in [0.15, 0.2) is 0 Å². The minimum absolute atomic E-state index is 0.314. The van der Waals surface area contributed by atoms with Crippen molar-refractivity contribution in [2.45, 2.75) is 59.3 Å². The lowest BCUT2D eigenvalue weighted by molar-refractivity contribution is 0.402. The summed E-state index contributed by atoms with van der Waals surface area (Å²) in [6.45, 7) is 6.96. The predicted octanol–water partition coefficient (Wildman–Crippen LogP) is 5.07. The number of hydrogen-bond donors (Lipinski definition) is 0. The summed E-state index contributed by atoms with van der Waals surface area (Å²) in [5.41, 5.74) is 3.48. The second kappa shape index (κ2) is 4.77. The monoisotopic (exact) mass is 217 g/mol. The largest absolute Gasteiger partial charge is 0.0802 e. The van der Waals surface area contributed by atoms with Gasteiger partial charge in [-0.1, -0.05) is 57.8 Å². The summed E-state index contributed by atoms with van der Waals surface area (Å²) in [6, 6.07) is 0. The fourth-order valence-electron chi connectivity index (χ4n) is 2.86. The molecule has 1 fully saturated rings. The molecule has 0 heterocycles. The van der Waals surface area contributed by atoms with Crippen LogP contribution in [0.1, 0.15) is 59.3 Å². The maximum absolute atomic E-state index is 2.47. The molecule has 1 radical (unpaired) electrons. The molecule has 1 saturated carbocycles. The van der Waals surface area contributed by atoms with Crippen LogP contribution in [0.25, 0.3) is 0 Å². The molecule has 0 unspecified atom stereocenters. The van der Waals surface area contributed by atoms with Gasteiger partial charge in [0.25, 0.3) is 0 Å². The minimum Gasteiger partial charge on any atom is -0.0802 e. The summed E-state index contributed by atoms with van der Waals surface area (Å²) in [4.78, 5) is 0. The summed E-state index contributed by atoms with van der Waals surface area (Å²) < 4.78 is 0. The average molecular weight is 217 g/mol. The molecule has 2 rings (SSSR count). The third-order valence-corrected chi connectivity index (χ3v) is 3.96. The Morgan fingerprint density at radius 2 is 1.75 bits per heavy atom. The van der Waals surface area contributed by atoms with Crippen molar-refractivity contribution in [3.63, 3.8) is 0 Å². The Kier molecular flexibility index (Phi) is 3.56. The molecule has 0 amide bonds. The van der Waals surface area contributed by atoms with Crippen molar-refractivity contribution in [1.29, 1.82) is 0 Å². The third-order valence-electron chi connectivity index (χ3n) is 3.96. The van der Waals surface area contributed by atoms with Crippen LogP contribution in [0.5, 0.6) is 0 Å². The Labute approximate surface area is 101 Å². The van der Waals surface area contributed by atoms with Gasteiger partial charge in [-0.3, -0.25) is 0 Å². The predicted molar refractivity (Wildman–Crippen MR) is 71.1 cm³/mol. The SMILES string of the molecule is CC(C)(C)C1=CC[CH]C(C2CCCCC2)=C1. The Morgan fingerprint density at radius 3 is 2.38 bits per heavy atom. The second-order valence-electron chi connectivity index (χ2n) is 6.33. The van der Waals surface area contributed by atoms with E-state index in [2.05, 4.69) is 39.3 Å². The van der Waals surface area contributed by atoms with Crippen molar-refractivity contribution in [2.24, 2.45) is 11.3 Å². The highest BCUT2D eigenvalue weighted by molar-refractivity contribution is 5.38. The summed E-state index contributed by atoms with van der Waals surface area (Å²) in [7, 11) is 0. The smallest absolute Gasteiger partial charge is 0.00936 e. The minimum atomic E-state index is 0.314. The van der Waals surface area contributed by atoms with E-state index in [1.807, 2.05) is 0 Å². The first-order valence-corrected chi connectivity index (χ1v) is 6.83. The maximum Gasteiger partial charge on any atom is -0.00936 e. The highest BCUT2D eigenvalue weighted by atomic mass is 14.3. The lowest BCUT2D eigenvalue weighted by Gasteiger charge is -2.30. The van der Waals surface area contributed by atoms with Crippen LogP contribution in [-0.4, -0.2) is 0 Å². The van der Waals surface area contributed by atoms with E-state index in [-0.39, 0.29) is 0 Å². The Hall–Kier alpha value is -0.520. The molecular weight excluding hydrogens is 192 g/mol. The van der Waals surface area contributed by atoms with E-state index < -0.39 is 0 Å². The normalized spacial score (nSPS) is 23.9. The molecule has 0 aromatic carbocycles. The molecule has 0 aromatic rings. The van der Waals surface area contributed by atoms with Crippen LogP contribution in [-0.2, 0) is 0 Å². The summed E-state index contributed by atoms with van der Waals surface area (Å²) in [5.74, 6) is 0.861. The van der Waals surface area contributed by atoms with Crippen molar-refractivity contribution in [3.05, 3.63) is 29.7 Å². The molecule has 0 atom stereocenters. The lowest BCUT2D eigenvalue weighted by Crippen LogP contribution is -2.15. The molecule has 89 valence electrons. The Morgan fingerprint density at radius 1 is 1.06 bits per heavy atom. The molecular formula is C16H25. The van der Waals surface area contributed by atoms with Crippen LogP contribution in [0.3, 0.4) is 0 Å². The van der Waals surface area contributed by atoms with Gasteiger partial charge >= 0.3 is 0 Å². The lowest BCUT2D eigenvalue weighted by atomic mass is 9.76. The zero-order valence-corrected chi connectivity index (χ0v) is 11.1. The average Bonchev–Trinajstić information content (AvgIpc) is 2.29. The van der Waals surface area contributed by atoms with Crippen molar-refractivity contribution in [1.82, 2.24) is 0 Å². The highest BCUT2D eigenvalue weighted by Gasteiger charge is 2.23. The van der Waals surface area contributed by atoms with Gasteiger partial charge in [-0.05, 0) is 42.6 Å². The van der Waals surface area contributed by atoms with E-state index >= 15 is 0 Å². The van der Waals surface area contributed by atoms with Crippen LogP contribution < -0.4 is 0 Å². The van der Waals surface area contributed by atoms with Crippen LogP contribution in [0.4, 0.5) is 0 Å². The molecule has 0 bridgehead atoms. The van der Waals surface area contributed by atoms with Gasteiger partial charge in [-0.2, -0.15) is 0 Å². The summed E-state index contributed by atoms with van der Waals surface area (Å²) in [6.07, 6.45) is 15.6.